The summed E-state index contributed by atoms with van der Waals surface area (Å²) in [5.41, 5.74) is 1.01. The van der Waals surface area contributed by atoms with E-state index in [4.69, 9.17) is 0 Å². The van der Waals surface area contributed by atoms with Crippen LogP contribution in [0, 0.1) is 0 Å². The molecule has 18 heavy (non-hydrogen) atoms. The number of alkyl halides is 3. The summed E-state index contributed by atoms with van der Waals surface area (Å²) < 4.78 is 38.8. The first-order chi connectivity index (χ1) is 8.41. The molecule has 5 heteroatoms. The van der Waals surface area contributed by atoms with Crippen molar-refractivity contribution >= 4 is 5.57 Å². The van der Waals surface area contributed by atoms with Crippen LogP contribution in [0.15, 0.2) is 37.0 Å². The maximum absolute atomic E-state index is 12.9. The minimum atomic E-state index is -4.39. The SMILES string of the molecule is C=C(C)c1[nH]ncc1-c1ccccc1C(F)(F)F. The van der Waals surface area contributed by atoms with Gasteiger partial charge < -0.3 is 0 Å². The zero-order valence-corrected chi connectivity index (χ0v) is 9.67. The molecule has 0 fully saturated rings. The number of aromatic nitrogens is 2. The molecule has 0 saturated heterocycles. The molecule has 1 aromatic heterocycles. The molecule has 0 spiro atoms. The van der Waals surface area contributed by atoms with E-state index < -0.39 is 11.7 Å². The van der Waals surface area contributed by atoms with Crippen molar-refractivity contribution in [3.63, 3.8) is 0 Å². The maximum atomic E-state index is 12.9. The zero-order chi connectivity index (χ0) is 13.3. The molecule has 0 aliphatic rings. The Labute approximate surface area is 102 Å². The third kappa shape index (κ3) is 2.16. The largest absolute Gasteiger partial charge is 0.417 e. The number of H-pyrrole nitrogens is 1. The summed E-state index contributed by atoms with van der Waals surface area (Å²) >= 11 is 0. The van der Waals surface area contributed by atoms with Crippen LogP contribution >= 0.6 is 0 Å². The molecule has 1 aromatic carbocycles. The van der Waals surface area contributed by atoms with Gasteiger partial charge in [0.05, 0.1) is 17.5 Å². The molecule has 0 aliphatic carbocycles. The standard InChI is InChI=1S/C13H11F3N2/c1-8(2)12-10(7-17-18-12)9-5-3-4-6-11(9)13(14,15)16/h3-7H,1H2,2H3,(H,17,18). The van der Waals surface area contributed by atoms with Crippen LogP contribution in [0.3, 0.4) is 0 Å². The molecule has 0 bridgehead atoms. The molecule has 0 amide bonds. The Morgan fingerprint density at radius 2 is 1.89 bits per heavy atom. The van der Waals surface area contributed by atoms with Crippen molar-refractivity contribution in [2.75, 3.05) is 0 Å². The van der Waals surface area contributed by atoms with Gasteiger partial charge >= 0.3 is 6.18 Å². The van der Waals surface area contributed by atoms with E-state index in [9.17, 15) is 13.2 Å². The quantitative estimate of drug-likeness (QED) is 0.855. The highest BCUT2D eigenvalue weighted by molar-refractivity contribution is 5.79. The number of rotatable bonds is 2. The molecule has 1 N–H and O–H groups in total. The summed E-state index contributed by atoms with van der Waals surface area (Å²) in [4.78, 5) is 0. The van der Waals surface area contributed by atoms with Gasteiger partial charge in [0.25, 0.3) is 0 Å². The van der Waals surface area contributed by atoms with Crippen molar-refractivity contribution in [2.45, 2.75) is 13.1 Å². The fraction of sp³-hybridized carbons (Fsp3) is 0.154. The predicted octanol–water partition coefficient (Wildman–Crippen LogP) is 4.13. The van der Waals surface area contributed by atoms with E-state index in [2.05, 4.69) is 16.8 Å². The number of aromatic amines is 1. The number of hydrogen-bond donors (Lipinski definition) is 1. The number of halogens is 3. The average molecular weight is 252 g/mol. The molecule has 2 nitrogen and oxygen atoms in total. The average Bonchev–Trinajstić information content (AvgIpc) is 2.76. The second-order valence-electron chi connectivity index (χ2n) is 3.98. The smallest absolute Gasteiger partial charge is 0.278 e. The van der Waals surface area contributed by atoms with Crippen molar-refractivity contribution in [1.29, 1.82) is 0 Å². The molecule has 2 aromatic rings. The summed E-state index contributed by atoms with van der Waals surface area (Å²) in [5, 5.41) is 6.46. The van der Waals surface area contributed by atoms with Crippen LogP contribution in [0.25, 0.3) is 16.7 Å². The lowest BCUT2D eigenvalue weighted by Crippen LogP contribution is -2.07. The highest BCUT2D eigenvalue weighted by Crippen LogP contribution is 2.38. The van der Waals surface area contributed by atoms with Crippen LogP contribution in [-0.4, -0.2) is 10.2 Å². The number of nitrogens with one attached hydrogen (secondary N) is 1. The summed E-state index contributed by atoms with van der Waals surface area (Å²) in [6, 6.07) is 5.43. The highest BCUT2D eigenvalue weighted by Gasteiger charge is 2.34. The maximum Gasteiger partial charge on any atom is 0.417 e. The lowest BCUT2D eigenvalue weighted by Gasteiger charge is -2.12. The van der Waals surface area contributed by atoms with Gasteiger partial charge in [0, 0.05) is 5.56 Å². The lowest BCUT2D eigenvalue weighted by atomic mass is 9.98. The monoisotopic (exact) mass is 252 g/mol. The van der Waals surface area contributed by atoms with Gasteiger partial charge in [-0.05, 0) is 24.1 Å². The van der Waals surface area contributed by atoms with Crippen molar-refractivity contribution in [1.82, 2.24) is 10.2 Å². The Balaban J connectivity index is 2.65. The number of benzene rings is 1. The van der Waals surface area contributed by atoms with Crippen LogP contribution in [0.1, 0.15) is 18.2 Å². The number of allylic oxidation sites excluding steroid dienone is 1. The normalized spacial score (nSPS) is 11.6. The Hall–Kier alpha value is -2.04. The first-order valence-electron chi connectivity index (χ1n) is 5.27. The van der Waals surface area contributed by atoms with Crippen molar-refractivity contribution in [2.24, 2.45) is 0 Å². The van der Waals surface area contributed by atoms with Gasteiger partial charge in [-0.15, -0.1) is 0 Å². The van der Waals surface area contributed by atoms with E-state index in [1.54, 1.807) is 13.0 Å². The fourth-order valence-electron chi connectivity index (χ4n) is 1.78. The van der Waals surface area contributed by atoms with E-state index in [0.29, 0.717) is 16.8 Å². The zero-order valence-electron chi connectivity index (χ0n) is 9.67. The summed E-state index contributed by atoms with van der Waals surface area (Å²) in [6.45, 7) is 5.44. The molecule has 0 aliphatic heterocycles. The highest BCUT2D eigenvalue weighted by atomic mass is 19.4. The number of hydrogen-bond acceptors (Lipinski definition) is 1. The third-order valence-electron chi connectivity index (χ3n) is 2.59. The second kappa shape index (κ2) is 4.33. The van der Waals surface area contributed by atoms with Gasteiger partial charge in [-0.25, -0.2) is 0 Å². The second-order valence-corrected chi connectivity index (χ2v) is 3.98. The summed E-state index contributed by atoms with van der Waals surface area (Å²) in [7, 11) is 0. The van der Waals surface area contributed by atoms with Gasteiger partial charge in [-0.3, -0.25) is 5.10 Å². The molecule has 0 unspecified atom stereocenters. The van der Waals surface area contributed by atoms with Crippen molar-refractivity contribution in [3.05, 3.63) is 48.3 Å². The molecule has 94 valence electrons. The lowest BCUT2D eigenvalue weighted by molar-refractivity contribution is -0.137. The van der Waals surface area contributed by atoms with Gasteiger partial charge in [0.2, 0.25) is 0 Å². The molecule has 2 rings (SSSR count). The summed E-state index contributed by atoms with van der Waals surface area (Å²) in [6.07, 6.45) is -3.01. The summed E-state index contributed by atoms with van der Waals surface area (Å²) in [5.74, 6) is 0. The molecule has 0 radical (unpaired) electrons. The van der Waals surface area contributed by atoms with E-state index in [-0.39, 0.29) is 5.56 Å². The molecular weight excluding hydrogens is 241 g/mol. The molecule has 1 heterocycles. The Bertz CT molecular complexity index is 582. The van der Waals surface area contributed by atoms with Gasteiger partial charge in [-0.2, -0.15) is 18.3 Å². The minimum Gasteiger partial charge on any atom is -0.278 e. The van der Waals surface area contributed by atoms with Crippen LogP contribution in [0.4, 0.5) is 13.2 Å². The molecular formula is C13H11F3N2. The van der Waals surface area contributed by atoms with Crippen LogP contribution in [-0.2, 0) is 6.18 Å². The fourth-order valence-corrected chi connectivity index (χ4v) is 1.78. The predicted molar refractivity (Wildman–Crippen MR) is 63.7 cm³/mol. The van der Waals surface area contributed by atoms with Crippen LogP contribution in [0.5, 0.6) is 0 Å². The van der Waals surface area contributed by atoms with Gasteiger partial charge in [0.1, 0.15) is 0 Å². The van der Waals surface area contributed by atoms with Gasteiger partial charge in [0.15, 0.2) is 0 Å². The Kier molecular flexibility index (Phi) is 2.98. The minimum absolute atomic E-state index is 0.108. The first-order valence-corrected chi connectivity index (χ1v) is 5.27. The van der Waals surface area contributed by atoms with Crippen molar-refractivity contribution in [3.8, 4) is 11.1 Å². The van der Waals surface area contributed by atoms with E-state index in [1.807, 2.05) is 0 Å². The van der Waals surface area contributed by atoms with Gasteiger partial charge in [-0.1, -0.05) is 24.8 Å². The van der Waals surface area contributed by atoms with E-state index in [0.717, 1.165) is 6.07 Å². The third-order valence-corrected chi connectivity index (χ3v) is 2.59. The molecule has 0 saturated carbocycles. The number of nitrogens with zero attached hydrogens (tertiary/aromatic N) is 1. The van der Waals surface area contributed by atoms with Crippen LogP contribution < -0.4 is 0 Å². The molecule has 0 atom stereocenters. The van der Waals surface area contributed by atoms with E-state index in [1.165, 1.54) is 18.3 Å². The van der Waals surface area contributed by atoms with Crippen molar-refractivity contribution < 1.29 is 13.2 Å². The topological polar surface area (TPSA) is 28.7 Å². The van der Waals surface area contributed by atoms with E-state index >= 15 is 0 Å². The first kappa shape index (κ1) is 12.4. The Morgan fingerprint density at radius 3 is 2.50 bits per heavy atom. The Morgan fingerprint density at radius 1 is 1.22 bits per heavy atom. The van der Waals surface area contributed by atoms with Crippen LogP contribution in [0.2, 0.25) is 0 Å².